The molecule has 27 heavy (non-hydrogen) atoms. The molecule has 3 rings (SSSR count). The number of fused-ring (bicyclic) bond motifs is 1. The van der Waals surface area contributed by atoms with Crippen LogP contribution in [0.2, 0.25) is 0 Å². The number of anilines is 1. The first-order valence-corrected chi connectivity index (χ1v) is 9.60. The predicted molar refractivity (Wildman–Crippen MR) is 110 cm³/mol. The molecule has 1 aliphatic heterocycles. The number of hydrogen-bond donors (Lipinski definition) is 1. The van der Waals surface area contributed by atoms with Gasteiger partial charge in [-0.25, -0.2) is 0 Å². The Labute approximate surface area is 161 Å². The second kappa shape index (κ2) is 9.33. The molecule has 5 heteroatoms. The average molecular weight is 365 g/mol. The summed E-state index contributed by atoms with van der Waals surface area (Å²) in [6, 6.07) is 15.4. The Bertz CT molecular complexity index is 782. The lowest BCUT2D eigenvalue weighted by molar-refractivity contribution is -0.115. The van der Waals surface area contributed by atoms with E-state index in [-0.39, 0.29) is 11.8 Å². The van der Waals surface area contributed by atoms with E-state index in [9.17, 15) is 4.79 Å². The van der Waals surface area contributed by atoms with Crippen LogP contribution in [-0.2, 0) is 4.79 Å². The molecule has 0 bridgehead atoms. The molecule has 0 saturated heterocycles. The summed E-state index contributed by atoms with van der Waals surface area (Å²) in [5.74, 6) is 0.475. The van der Waals surface area contributed by atoms with Gasteiger partial charge in [0.1, 0.15) is 11.7 Å². The zero-order chi connectivity index (χ0) is 19.1. The number of amides is 1. The summed E-state index contributed by atoms with van der Waals surface area (Å²) in [6.45, 7) is 8.27. The molecule has 1 amide bonds. The van der Waals surface area contributed by atoms with Crippen molar-refractivity contribution in [3.8, 4) is 5.75 Å². The number of carbonyl (C=O) groups excluding carboxylic acids is 1. The minimum Gasteiger partial charge on any atom is -0.494 e. The zero-order valence-electron chi connectivity index (χ0n) is 16.0. The SMILES string of the molecule is CCN(CC)CCCOc1ccc(N=CC2C(=O)Nc3ccccc32)cc1. The van der Waals surface area contributed by atoms with Crippen molar-refractivity contribution in [2.24, 2.45) is 4.99 Å². The molecule has 1 heterocycles. The van der Waals surface area contributed by atoms with Gasteiger partial charge in [0.05, 0.1) is 12.3 Å². The summed E-state index contributed by atoms with van der Waals surface area (Å²) < 4.78 is 5.80. The molecule has 1 atom stereocenters. The van der Waals surface area contributed by atoms with E-state index in [1.807, 2.05) is 48.5 Å². The van der Waals surface area contributed by atoms with E-state index in [0.29, 0.717) is 6.61 Å². The van der Waals surface area contributed by atoms with E-state index in [0.717, 1.165) is 48.7 Å². The van der Waals surface area contributed by atoms with Crippen molar-refractivity contribution < 1.29 is 9.53 Å². The molecule has 0 aliphatic carbocycles. The standard InChI is InChI=1S/C22H27N3O2/c1-3-25(4-2)14-7-15-27-18-12-10-17(11-13-18)23-16-20-19-8-5-6-9-21(19)24-22(20)26/h5-6,8-13,16,20H,3-4,7,14-15H2,1-2H3,(H,24,26). The van der Waals surface area contributed by atoms with Gasteiger partial charge in [-0.1, -0.05) is 32.0 Å². The summed E-state index contributed by atoms with van der Waals surface area (Å²) in [5, 5.41) is 2.88. The normalized spacial score (nSPS) is 16.0. The van der Waals surface area contributed by atoms with Crippen LogP contribution in [0.5, 0.6) is 5.75 Å². The molecule has 1 unspecified atom stereocenters. The fourth-order valence-corrected chi connectivity index (χ4v) is 3.19. The van der Waals surface area contributed by atoms with Crippen LogP contribution in [0, 0.1) is 0 Å². The smallest absolute Gasteiger partial charge is 0.237 e. The lowest BCUT2D eigenvalue weighted by Gasteiger charge is -2.17. The molecule has 0 saturated carbocycles. The highest BCUT2D eigenvalue weighted by molar-refractivity contribution is 6.12. The van der Waals surface area contributed by atoms with Crippen molar-refractivity contribution in [3.63, 3.8) is 0 Å². The van der Waals surface area contributed by atoms with Gasteiger partial charge in [0.15, 0.2) is 0 Å². The number of ether oxygens (including phenoxy) is 1. The van der Waals surface area contributed by atoms with Crippen molar-refractivity contribution in [1.29, 1.82) is 0 Å². The van der Waals surface area contributed by atoms with E-state index < -0.39 is 0 Å². The van der Waals surface area contributed by atoms with E-state index >= 15 is 0 Å². The molecule has 0 aromatic heterocycles. The first-order valence-electron chi connectivity index (χ1n) is 9.60. The highest BCUT2D eigenvalue weighted by Gasteiger charge is 2.28. The maximum atomic E-state index is 12.1. The van der Waals surface area contributed by atoms with Gasteiger partial charge in [0.25, 0.3) is 0 Å². The minimum absolute atomic E-state index is 0.0342. The van der Waals surface area contributed by atoms with E-state index in [2.05, 4.69) is 29.1 Å². The average Bonchev–Trinajstić information content (AvgIpc) is 3.02. The Balaban J connectivity index is 1.52. The third-order valence-electron chi connectivity index (χ3n) is 4.83. The predicted octanol–water partition coefficient (Wildman–Crippen LogP) is 4.24. The maximum absolute atomic E-state index is 12.1. The Hall–Kier alpha value is -2.66. The van der Waals surface area contributed by atoms with E-state index in [4.69, 9.17) is 4.74 Å². The Morgan fingerprint density at radius 3 is 2.59 bits per heavy atom. The van der Waals surface area contributed by atoms with Crippen LogP contribution in [-0.4, -0.2) is 43.3 Å². The van der Waals surface area contributed by atoms with Gasteiger partial charge in [0.2, 0.25) is 5.91 Å². The summed E-state index contributed by atoms with van der Waals surface area (Å²) >= 11 is 0. The number of hydrogen-bond acceptors (Lipinski definition) is 4. The molecule has 0 radical (unpaired) electrons. The number of carbonyl (C=O) groups is 1. The third-order valence-corrected chi connectivity index (χ3v) is 4.83. The number of para-hydroxylation sites is 1. The maximum Gasteiger partial charge on any atom is 0.237 e. The van der Waals surface area contributed by atoms with Crippen LogP contribution in [0.3, 0.4) is 0 Å². The fourth-order valence-electron chi connectivity index (χ4n) is 3.19. The molecular formula is C22H27N3O2. The van der Waals surface area contributed by atoms with Crippen LogP contribution in [0.15, 0.2) is 53.5 Å². The first kappa shape index (κ1) is 19.1. The van der Waals surface area contributed by atoms with Crippen LogP contribution in [0.25, 0.3) is 0 Å². The molecule has 1 aliphatic rings. The van der Waals surface area contributed by atoms with Crippen LogP contribution in [0.4, 0.5) is 11.4 Å². The molecule has 142 valence electrons. The number of nitrogens with one attached hydrogen (secondary N) is 1. The van der Waals surface area contributed by atoms with E-state index in [1.54, 1.807) is 6.21 Å². The van der Waals surface area contributed by atoms with Gasteiger partial charge in [0, 0.05) is 18.4 Å². The fraction of sp³-hybridized carbons (Fsp3) is 0.364. The number of nitrogens with zero attached hydrogens (tertiary/aromatic N) is 2. The van der Waals surface area contributed by atoms with Crippen molar-refractivity contribution in [2.75, 3.05) is 31.6 Å². The minimum atomic E-state index is -0.336. The Morgan fingerprint density at radius 1 is 1.11 bits per heavy atom. The number of benzene rings is 2. The summed E-state index contributed by atoms with van der Waals surface area (Å²) in [5.41, 5.74) is 2.65. The molecular weight excluding hydrogens is 338 g/mol. The highest BCUT2D eigenvalue weighted by atomic mass is 16.5. The summed E-state index contributed by atoms with van der Waals surface area (Å²) in [6.07, 6.45) is 2.72. The van der Waals surface area contributed by atoms with Gasteiger partial charge in [-0.05, 0) is 55.4 Å². The first-order chi connectivity index (χ1) is 13.2. The van der Waals surface area contributed by atoms with Gasteiger partial charge < -0.3 is 15.0 Å². The van der Waals surface area contributed by atoms with Crippen LogP contribution in [0.1, 0.15) is 31.7 Å². The van der Waals surface area contributed by atoms with Crippen LogP contribution >= 0.6 is 0 Å². The van der Waals surface area contributed by atoms with Gasteiger partial charge in [-0.2, -0.15) is 0 Å². The van der Waals surface area contributed by atoms with Crippen molar-refractivity contribution in [2.45, 2.75) is 26.2 Å². The molecule has 2 aromatic rings. The lowest BCUT2D eigenvalue weighted by Crippen LogP contribution is -2.25. The van der Waals surface area contributed by atoms with Gasteiger partial charge >= 0.3 is 0 Å². The largest absolute Gasteiger partial charge is 0.494 e. The third kappa shape index (κ3) is 4.95. The van der Waals surface area contributed by atoms with E-state index in [1.165, 1.54) is 0 Å². The highest BCUT2D eigenvalue weighted by Crippen LogP contribution is 2.31. The lowest BCUT2D eigenvalue weighted by atomic mass is 10.0. The van der Waals surface area contributed by atoms with Crippen molar-refractivity contribution in [3.05, 3.63) is 54.1 Å². The molecule has 0 fully saturated rings. The van der Waals surface area contributed by atoms with Gasteiger partial charge in [-0.3, -0.25) is 9.79 Å². The molecule has 0 spiro atoms. The molecule has 5 nitrogen and oxygen atoms in total. The quantitative estimate of drug-likeness (QED) is 0.534. The monoisotopic (exact) mass is 365 g/mol. The zero-order valence-corrected chi connectivity index (χ0v) is 16.0. The second-order valence-electron chi connectivity index (χ2n) is 6.56. The van der Waals surface area contributed by atoms with Crippen LogP contribution < -0.4 is 10.1 Å². The Kier molecular flexibility index (Phi) is 6.60. The summed E-state index contributed by atoms with van der Waals surface area (Å²) in [7, 11) is 0. The van der Waals surface area contributed by atoms with Crippen molar-refractivity contribution >= 4 is 23.5 Å². The number of aliphatic imine (C=N–C) groups is 1. The summed E-state index contributed by atoms with van der Waals surface area (Å²) in [4.78, 5) is 19.0. The van der Waals surface area contributed by atoms with Gasteiger partial charge in [-0.15, -0.1) is 0 Å². The molecule has 2 aromatic carbocycles. The number of rotatable bonds is 9. The second-order valence-corrected chi connectivity index (χ2v) is 6.56. The van der Waals surface area contributed by atoms with Crippen molar-refractivity contribution in [1.82, 2.24) is 4.90 Å². The Morgan fingerprint density at radius 2 is 1.85 bits per heavy atom. The topological polar surface area (TPSA) is 53.9 Å². The molecule has 1 N–H and O–H groups in total.